The van der Waals surface area contributed by atoms with Crippen molar-refractivity contribution in [2.45, 2.75) is 53.1 Å². The van der Waals surface area contributed by atoms with Gasteiger partial charge >= 0.3 is 6.09 Å². The molecule has 1 aromatic rings. The molecule has 28 heavy (non-hydrogen) atoms. The van der Waals surface area contributed by atoms with Crippen LogP contribution in [0.4, 0.5) is 10.5 Å². The van der Waals surface area contributed by atoms with Gasteiger partial charge in [-0.25, -0.2) is 4.79 Å². The van der Waals surface area contributed by atoms with Crippen molar-refractivity contribution in [2.75, 3.05) is 45.8 Å². The summed E-state index contributed by atoms with van der Waals surface area (Å²) < 4.78 is 22.1. The second-order valence-electron chi connectivity index (χ2n) is 7.42. The zero-order chi connectivity index (χ0) is 21.2. The molecular formula is C21H36N2O5. The number of nitrogens with zero attached hydrogens (tertiary/aromatic N) is 1. The summed E-state index contributed by atoms with van der Waals surface area (Å²) in [5, 5.41) is 2.69. The molecule has 1 rings (SSSR count). The predicted octanol–water partition coefficient (Wildman–Crippen LogP) is 4.55. The molecule has 0 atom stereocenters. The third-order valence-electron chi connectivity index (χ3n) is 4.12. The molecule has 1 amide bonds. The first kappa shape index (κ1) is 23.9. The van der Waals surface area contributed by atoms with E-state index >= 15 is 0 Å². The van der Waals surface area contributed by atoms with Crippen LogP contribution in [-0.2, 0) is 4.74 Å². The molecule has 0 bridgehead atoms. The third kappa shape index (κ3) is 8.25. The van der Waals surface area contributed by atoms with Gasteiger partial charge in [0.15, 0.2) is 11.5 Å². The fourth-order valence-corrected chi connectivity index (χ4v) is 2.67. The Balaban J connectivity index is 2.75. The maximum atomic E-state index is 12.0. The van der Waals surface area contributed by atoms with E-state index in [-0.39, 0.29) is 0 Å². The van der Waals surface area contributed by atoms with Crippen LogP contribution in [0.15, 0.2) is 12.1 Å². The average Bonchev–Trinajstić information content (AvgIpc) is 2.63. The summed E-state index contributed by atoms with van der Waals surface area (Å²) in [5.41, 5.74) is -0.0660. The van der Waals surface area contributed by atoms with Gasteiger partial charge in [0, 0.05) is 12.1 Å². The summed E-state index contributed by atoms with van der Waals surface area (Å²) in [7, 11) is 3.11. The van der Waals surface area contributed by atoms with Crippen molar-refractivity contribution in [3.05, 3.63) is 12.1 Å². The number of ether oxygens (including phenoxy) is 4. The Morgan fingerprint density at radius 1 is 1.04 bits per heavy atom. The molecule has 0 saturated carbocycles. The predicted molar refractivity (Wildman–Crippen MR) is 112 cm³/mol. The number of benzene rings is 1. The number of amides is 1. The van der Waals surface area contributed by atoms with Crippen molar-refractivity contribution in [1.29, 1.82) is 0 Å². The van der Waals surface area contributed by atoms with E-state index in [1.54, 1.807) is 26.4 Å². The Hall–Kier alpha value is -2.15. The molecule has 1 N–H and O–H groups in total. The molecule has 160 valence electrons. The quantitative estimate of drug-likeness (QED) is 0.553. The first-order valence-electron chi connectivity index (χ1n) is 9.85. The van der Waals surface area contributed by atoms with E-state index in [9.17, 15) is 4.79 Å². The molecule has 0 unspecified atom stereocenters. The Bertz CT molecular complexity index is 584. The van der Waals surface area contributed by atoms with Crippen LogP contribution in [0.2, 0.25) is 0 Å². The van der Waals surface area contributed by atoms with Crippen LogP contribution in [0.5, 0.6) is 17.2 Å². The van der Waals surface area contributed by atoms with Crippen LogP contribution in [0.3, 0.4) is 0 Å². The van der Waals surface area contributed by atoms with Gasteiger partial charge < -0.3 is 23.8 Å². The Labute approximate surface area is 169 Å². The fraction of sp³-hybridized carbons (Fsp3) is 0.667. The molecule has 0 radical (unpaired) electrons. The van der Waals surface area contributed by atoms with E-state index in [4.69, 9.17) is 18.9 Å². The molecule has 0 aliphatic rings. The van der Waals surface area contributed by atoms with Crippen LogP contribution in [0.25, 0.3) is 0 Å². The smallest absolute Gasteiger partial charge is 0.412 e. The molecule has 1 aromatic carbocycles. The van der Waals surface area contributed by atoms with Crippen molar-refractivity contribution in [3.63, 3.8) is 0 Å². The molecule has 0 saturated heterocycles. The number of nitrogens with one attached hydrogen (secondary N) is 1. The number of hydrogen-bond donors (Lipinski definition) is 1. The summed E-state index contributed by atoms with van der Waals surface area (Å²) in [6.07, 6.45) is 1.45. The second kappa shape index (κ2) is 11.6. The summed E-state index contributed by atoms with van der Waals surface area (Å²) in [6, 6.07) is 3.38. The molecule has 7 nitrogen and oxygen atoms in total. The van der Waals surface area contributed by atoms with Gasteiger partial charge in [0.2, 0.25) is 5.75 Å². The van der Waals surface area contributed by atoms with Crippen LogP contribution >= 0.6 is 0 Å². The Kier molecular flexibility index (Phi) is 9.93. The number of carbonyl (C=O) groups is 1. The minimum atomic E-state index is -0.577. The number of rotatable bonds is 11. The lowest BCUT2D eigenvalue weighted by Gasteiger charge is -2.21. The standard InChI is InChI=1S/C21H36N2O5/c1-8-23(9-2)12-10-11-13-27-19-17(25-6)14-16(15-18(19)26-7)22-20(24)28-21(3,4)5/h14-15H,8-13H2,1-7H3,(H,22,24). The second-order valence-corrected chi connectivity index (χ2v) is 7.42. The lowest BCUT2D eigenvalue weighted by Crippen LogP contribution is -2.27. The lowest BCUT2D eigenvalue weighted by molar-refractivity contribution is 0.0636. The van der Waals surface area contributed by atoms with Crippen molar-refractivity contribution in [3.8, 4) is 17.2 Å². The molecule has 0 aliphatic carbocycles. The maximum absolute atomic E-state index is 12.0. The van der Waals surface area contributed by atoms with Gasteiger partial charge in [-0.2, -0.15) is 0 Å². The number of anilines is 1. The van der Waals surface area contributed by atoms with Gasteiger partial charge in [0.25, 0.3) is 0 Å². The highest BCUT2D eigenvalue weighted by molar-refractivity contribution is 5.86. The summed E-state index contributed by atoms with van der Waals surface area (Å²) >= 11 is 0. The molecule has 0 aliphatic heterocycles. The number of unbranched alkanes of at least 4 members (excludes halogenated alkanes) is 1. The number of hydrogen-bond acceptors (Lipinski definition) is 6. The first-order chi connectivity index (χ1) is 13.2. The first-order valence-corrected chi connectivity index (χ1v) is 9.85. The van der Waals surface area contributed by atoms with Gasteiger partial charge in [-0.15, -0.1) is 0 Å². The van der Waals surface area contributed by atoms with E-state index in [2.05, 4.69) is 24.1 Å². The van der Waals surface area contributed by atoms with Crippen LogP contribution < -0.4 is 19.5 Å². The van der Waals surface area contributed by atoms with Gasteiger partial charge in [-0.3, -0.25) is 5.32 Å². The van der Waals surface area contributed by atoms with Crippen LogP contribution in [0.1, 0.15) is 47.5 Å². The van der Waals surface area contributed by atoms with Crippen molar-refractivity contribution >= 4 is 11.8 Å². The minimum Gasteiger partial charge on any atom is -0.493 e. The topological polar surface area (TPSA) is 69.3 Å². The SMILES string of the molecule is CCN(CC)CCCCOc1c(OC)cc(NC(=O)OC(C)(C)C)cc1OC. The fourth-order valence-electron chi connectivity index (χ4n) is 2.67. The maximum Gasteiger partial charge on any atom is 0.412 e. The third-order valence-corrected chi connectivity index (χ3v) is 4.12. The molecule has 0 heterocycles. The average molecular weight is 397 g/mol. The highest BCUT2D eigenvalue weighted by atomic mass is 16.6. The summed E-state index contributed by atoms with van der Waals surface area (Å²) in [5.74, 6) is 1.52. The van der Waals surface area contributed by atoms with E-state index in [0.29, 0.717) is 29.5 Å². The van der Waals surface area contributed by atoms with Crippen LogP contribution in [-0.4, -0.2) is 57.1 Å². The normalized spacial score (nSPS) is 11.3. The molecule has 0 fully saturated rings. The summed E-state index contributed by atoms with van der Waals surface area (Å²) in [4.78, 5) is 14.4. The van der Waals surface area contributed by atoms with Gasteiger partial charge in [-0.05, 0) is 53.2 Å². The van der Waals surface area contributed by atoms with Crippen LogP contribution in [0, 0.1) is 0 Å². The van der Waals surface area contributed by atoms with Crippen molar-refractivity contribution in [1.82, 2.24) is 4.90 Å². The van der Waals surface area contributed by atoms with Crippen molar-refractivity contribution < 1.29 is 23.7 Å². The van der Waals surface area contributed by atoms with E-state index < -0.39 is 11.7 Å². The minimum absolute atomic E-state index is 0.495. The largest absolute Gasteiger partial charge is 0.493 e. The Morgan fingerprint density at radius 3 is 2.07 bits per heavy atom. The van der Waals surface area contributed by atoms with Gasteiger partial charge in [-0.1, -0.05) is 13.8 Å². The highest BCUT2D eigenvalue weighted by Gasteiger charge is 2.19. The monoisotopic (exact) mass is 396 g/mol. The highest BCUT2D eigenvalue weighted by Crippen LogP contribution is 2.40. The molecule has 7 heteroatoms. The molecule has 0 aromatic heterocycles. The molecule has 0 spiro atoms. The summed E-state index contributed by atoms with van der Waals surface area (Å²) in [6.45, 7) is 13.5. The Morgan fingerprint density at radius 2 is 1.61 bits per heavy atom. The zero-order valence-corrected chi connectivity index (χ0v) is 18.4. The number of carbonyl (C=O) groups excluding carboxylic acids is 1. The zero-order valence-electron chi connectivity index (χ0n) is 18.4. The van der Waals surface area contributed by atoms with E-state index in [0.717, 1.165) is 32.5 Å². The van der Waals surface area contributed by atoms with E-state index in [1.807, 2.05) is 20.8 Å². The number of methoxy groups -OCH3 is 2. The lowest BCUT2D eigenvalue weighted by atomic mass is 10.2. The van der Waals surface area contributed by atoms with Gasteiger partial charge in [0.05, 0.1) is 26.5 Å². The van der Waals surface area contributed by atoms with E-state index in [1.165, 1.54) is 0 Å². The van der Waals surface area contributed by atoms with Crippen molar-refractivity contribution in [2.24, 2.45) is 0 Å². The van der Waals surface area contributed by atoms with Gasteiger partial charge in [0.1, 0.15) is 5.60 Å². The molecular weight excluding hydrogens is 360 g/mol.